The number of hydrogen-bond acceptors (Lipinski definition) is 3. The lowest BCUT2D eigenvalue weighted by Crippen LogP contribution is -2.34. The van der Waals surface area contributed by atoms with Crippen LogP contribution >= 0.6 is 11.6 Å². The summed E-state index contributed by atoms with van der Waals surface area (Å²) in [6.45, 7) is 5.80. The molecular weight excluding hydrogens is 324 g/mol. The molecule has 1 unspecified atom stereocenters. The Balaban J connectivity index is 1.79. The number of benzene rings is 1. The summed E-state index contributed by atoms with van der Waals surface area (Å²) < 4.78 is 1.68. The van der Waals surface area contributed by atoms with E-state index in [4.69, 9.17) is 11.6 Å². The number of aromatic nitrogens is 3. The first-order valence-electron chi connectivity index (χ1n) is 7.82. The minimum Gasteiger partial charge on any atom is -0.349 e. The molecule has 1 amide bonds. The van der Waals surface area contributed by atoms with Gasteiger partial charge in [-0.15, -0.1) is 0 Å². The molecular formula is C18H19ClN4O. The van der Waals surface area contributed by atoms with Crippen molar-refractivity contribution < 1.29 is 4.79 Å². The molecule has 0 aliphatic heterocycles. The molecule has 3 aromatic rings. The van der Waals surface area contributed by atoms with Gasteiger partial charge in [-0.3, -0.25) is 4.79 Å². The Bertz CT molecular complexity index is 903. The first-order valence-corrected chi connectivity index (χ1v) is 8.19. The Morgan fingerprint density at radius 2 is 2.08 bits per heavy atom. The summed E-state index contributed by atoms with van der Waals surface area (Å²) in [4.78, 5) is 17.0. The van der Waals surface area contributed by atoms with Crippen molar-refractivity contribution >= 4 is 23.2 Å². The van der Waals surface area contributed by atoms with Gasteiger partial charge in [-0.2, -0.15) is 5.10 Å². The van der Waals surface area contributed by atoms with Crippen LogP contribution in [0.5, 0.6) is 0 Å². The maximum atomic E-state index is 12.6. The minimum absolute atomic E-state index is 0.0572. The quantitative estimate of drug-likeness (QED) is 0.791. The van der Waals surface area contributed by atoms with Crippen molar-refractivity contribution in [3.05, 3.63) is 64.1 Å². The van der Waals surface area contributed by atoms with E-state index in [0.29, 0.717) is 22.7 Å². The van der Waals surface area contributed by atoms with Gasteiger partial charge in [0.15, 0.2) is 5.65 Å². The van der Waals surface area contributed by atoms with Crippen LogP contribution in [0.1, 0.15) is 34.2 Å². The van der Waals surface area contributed by atoms with Crippen molar-refractivity contribution in [1.29, 1.82) is 0 Å². The number of halogens is 1. The van der Waals surface area contributed by atoms with Gasteiger partial charge in [0.25, 0.3) is 5.91 Å². The van der Waals surface area contributed by atoms with Crippen molar-refractivity contribution in [3.63, 3.8) is 0 Å². The van der Waals surface area contributed by atoms with Gasteiger partial charge in [-0.1, -0.05) is 29.8 Å². The van der Waals surface area contributed by atoms with Gasteiger partial charge < -0.3 is 5.32 Å². The summed E-state index contributed by atoms with van der Waals surface area (Å²) in [5, 5.41) is 7.97. The number of amides is 1. The average Bonchev–Trinajstić information content (AvgIpc) is 2.93. The molecule has 2 aromatic heterocycles. The molecule has 124 valence electrons. The van der Waals surface area contributed by atoms with Crippen LogP contribution in [-0.2, 0) is 6.42 Å². The fourth-order valence-electron chi connectivity index (χ4n) is 2.78. The van der Waals surface area contributed by atoms with Crippen LogP contribution in [0.4, 0.5) is 0 Å². The summed E-state index contributed by atoms with van der Waals surface area (Å²) in [6.07, 6.45) is 2.22. The Labute approximate surface area is 145 Å². The molecule has 0 aliphatic carbocycles. The summed E-state index contributed by atoms with van der Waals surface area (Å²) in [5.74, 6) is -0.179. The topological polar surface area (TPSA) is 59.3 Å². The van der Waals surface area contributed by atoms with Gasteiger partial charge in [0.1, 0.15) is 5.56 Å². The van der Waals surface area contributed by atoms with Crippen molar-refractivity contribution in [1.82, 2.24) is 19.9 Å². The molecule has 1 atom stereocenters. The minimum atomic E-state index is -0.179. The molecule has 1 aromatic carbocycles. The number of carbonyl (C=O) groups excluding carboxylic acids is 1. The monoisotopic (exact) mass is 342 g/mol. The highest BCUT2D eigenvalue weighted by Crippen LogP contribution is 2.17. The first-order chi connectivity index (χ1) is 11.5. The predicted octanol–water partition coefficient (Wildman–Crippen LogP) is 3.36. The highest BCUT2D eigenvalue weighted by Gasteiger charge is 2.17. The standard InChI is InChI=1S/C18H19ClN4O/c1-11-8-13(3)23-17(21-11)15(10-20-23)18(24)22-12(2)9-14-6-4-5-7-16(14)19/h4-8,10,12H,9H2,1-3H3,(H,22,24). The Morgan fingerprint density at radius 1 is 1.33 bits per heavy atom. The lowest BCUT2D eigenvalue weighted by Gasteiger charge is -2.14. The fraction of sp³-hybridized carbons (Fsp3) is 0.278. The third-order valence-electron chi connectivity index (χ3n) is 3.88. The molecule has 0 bridgehead atoms. The highest BCUT2D eigenvalue weighted by molar-refractivity contribution is 6.31. The van der Waals surface area contributed by atoms with E-state index < -0.39 is 0 Å². The zero-order chi connectivity index (χ0) is 17.3. The molecule has 0 aliphatic rings. The van der Waals surface area contributed by atoms with Gasteiger partial charge in [0.2, 0.25) is 0 Å². The summed E-state index contributed by atoms with van der Waals surface area (Å²) in [6, 6.07) is 9.53. The molecule has 1 N–H and O–H groups in total. The van der Waals surface area contributed by atoms with Crippen LogP contribution in [0.2, 0.25) is 5.02 Å². The van der Waals surface area contributed by atoms with Crippen molar-refractivity contribution in [2.75, 3.05) is 0 Å². The van der Waals surface area contributed by atoms with E-state index in [9.17, 15) is 4.79 Å². The van der Waals surface area contributed by atoms with E-state index in [-0.39, 0.29) is 11.9 Å². The first kappa shape index (κ1) is 16.5. The molecule has 2 heterocycles. The number of nitrogens with zero attached hydrogens (tertiary/aromatic N) is 3. The number of nitrogens with one attached hydrogen (secondary N) is 1. The number of carbonyl (C=O) groups is 1. The van der Waals surface area contributed by atoms with Crippen molar-refractivity contribution in [2.45, 2.75) is 33.2 Å². The molecule has 3 rings (SSSR count). The van der Waals surface area contributed by atoms with E-state index in [2.05, 4.69) is 15.4 Å². The maximum Gasteiger partial charge on any atom is 0.256 e. The van der Waals surface area contributed by atoms with Crippen LogP contribution < -0.4 is 5.32 Å². The van der Waals surface area contributed by atoms with E-state index in [1.807, 2.05) is 51.1 Å². The van der Waals surface area contributed by atoms with E-state index >= 15 is 0 Å². The number of hydrogen-bond donors (Lipinski definition) is 1. The van der Waals surface area contributed by atoms with Crippen molar-refractivity contribution in [3.8, 4) is 0 Å². The molecule has 0 saturated carbocycles. The van der Waals surface area contributed by atoms with Gasteiger partial charge >= 0.3 is 0 Å². The van der Waals surface area contributed by atoms with Crippen molar-refractivity contribution in [2.24, 2.45) is 0 Å². The van der Waals surface area contributed by atoms with E-state index in [1.165, 1.54) is 0 Å². The molecule has 0 spiro atoms. The van der Waals surface area contributed by atoms with Crippen LogP contribution in [-0.4, -0.2) is 26.5 Å². The number of fused-ring (bicyclic) bond motifs is 1. The molecule has 0 fully saturated rings. The maximum absolute atomic E-state index is 12.6. The highest BCUT2D eigenvalue weighted by atomic mass is 35.5. The molecule has 0 radical (unpaired) electrons. The molecule has 24 heavy (non-hydrogen) atoms. The van der Waals surface area contributed by atoms with E-state index in [1.54, 1.807) is 10.7 Å². The van der Waals surface area contributed by atoms with Crippen LogP contribution in [0.3, 0.4) is 0 Å². The van der Waals surface area contributed by atoms with Gasteiger partial charge in [0.05, 0.1) is 6.20 Å². The summed E-state index contributed by atoms with van der Waals surface area (Å²) in [5.41, 5.74) is 3.87. The van der Waals surface area contributed by atoms with Crippen LogP contribution in [0.25, 0.3) is 5.65 Å². The zero-order valence-corrected chi connectivity index (χ0v) is 14.6. The third kappa shape index (κ3) is 3.26. The summed E-state index contributed by atoms with van der Waals surface area (Å²) >= 11 is 6.18. The second kappa shape index (κ2) is 6.61. The van der Waals surface area contributed by atoms with Crippen LogP contribution in [0.15, 0.2) is 36.5 Å². The SMILES string of the molecule is Cc1cc(C)n2ncc(C(=O)NC(C)Cc3ccccc3Cl)c2n1. The normalized spacial score (nSPS) is 12.3. The predicted molar refractivity (Wildman–Crippen MR) is 94.5 cm³/mol. The van der Waals surface area contributed by atoms with Gasteiger partial charge in [-0.05, 0) is 44.9 Å². The Hall–Kier alpha value is -2.40. The number of aryl methyl sites for hydroxylation is 2. The van der Waals surface area contributed by atoms with Gasteiger partial charge in [0, 0.05) is 22.5 Å². The van der Waals surface area contributed by atoms with E-state index in [0.717, 1.165) is 17.0 Å². The fourth-order valence-corrected chi connectivity index (χ4v) is 2.99. The molecule has 5 nitrogen and oxygen atoms in total. The summed E-state index contributed by atoms with van der Waals surface area (Å²) in [7, 11) is 0. The lowest BCUT2D eigenvalue weighted by molar-refractivity contribution is 0.0941. The average molecular weight is 343 g/mol. The number of rotatable bonds is 4. The van der Waals surface area contributed by atoms with Gasteiger partial charge in [-0.25, -0.2) is 9.50 Å². The molecule has 6 heteroatoms. The zero-order valence-electron chi connectivity index (χ0n) is 13.9. The Kier molecular flexibility index (Phi) is 4.53. The molecule has 0 saturated heterocycles. The third-order valence-corrected chi connectivity index (χ3v) is 4.25. The Morgan fingerprint density at radius 3 is 2.83 bits per heavy atom. The lowest BCUT2D eigenvalue weighted by atomic mass is 10.1. The van der Waals surface area contributed by atoms with Crippen LogP contribution in [0, 0.1) is 13.8 Å². The second-order valence-electron chi connectivity index (χ2n) is 6.00. The second-order valence-corrected chi connectivity index (χ2v) is 6.41. The largest absolute Gasteiger partial charge is 0.349 e. The smallest absolute Gasteiger partial charge is 0.256 e.